The molecule has 0 heterocycles. The molecule has 7 heteroatoms. The summed E-state index contributed by atoms with van der Waals surface area (Å²) in [6.07, 6.45) is -4.45. The molecule has 0 fully saturated rings. The van der Waals surface area contributed by atoms with Crippen LogP contribution in [0.25, 0.3) is 0 Å². The highest BCUT2D eigenvalue weighted by atomic mass is 19.4. The van der Waals surface area contributed by atoms with Gasteiger partial charge in [0.1, 0.15) is 5.75 Å². The minimum atomic E-state index is -4.71. The van der Waals surface area contributed by atoms with E-state index >= 15 is 0 Å². The molecule has 0 atom stereocenters. The monoisotopic (exact) mass is 276 g/mol. The van der Waals surface area contributed by atoms with Crippen molar-refractivity contribution in [3.8, 4) is 5.75 Å². The van der Waals surface area contributed by atoms with E-state index in [1.165, 1.54) is 23.1 Å². The van der Waals surface area contributed by atoms with Crippen molar-refractivity contribution < 1.29 is 22.7 Å². The molecule has 0 bridgehead atoms. The van der Waals surface area contributed by atoms with Crippen molar-refractivity contribution in [2.45, 2.75) is 12.8 Å². The van der Waals surface area contributed by atoms with Crippen LogP contribution in [-0.2, 0) is 4.79 Å². The van der Waals surface area contributed by atoms with Crippen molar-refractivity contribution in [1.29, 1.82) is 0 Å². The van der Waals surface area contributed by atoms with Gasteiger partial charge in [0, 0.05) is 38.8 Å². The second-order valence-corrected chi connectivity index (χ2v) is 4.04. The van der Waals surface area contributed by atoms with Gasteiger partial charge in [0.25, 0.3) is 0 Å². The topological polar surface area (TPSA) is 41.6 Å². The Morgan fingerprint density at radius 3 is 2.63 bits per heavy atom. The number of halogens is 3. The smallest absolute Gasteiger partial charge is 0.406 e. The first-order valence-electron chi connectivity index (χ1n) is 5.58. The minimum Gasteiger partial charge on any atom is -0.406 e. The summed E-state index contributed by atoms with van der Waals surface area (Å²) in [7, 11) is 3.28. The summed E-state index contributed by atoms with van der Waals surface area (Å²) in [4.78, 5) is 12.7. The first kappa shape index (κ1) is 15.1. The van der Waals surface area contributed by atoms with E-state index in [1.54, 1.807) is 20.2 Å². The number of hydrogen-bond donors (Lipinski definition) is 1. The van der Waals surface area contributed by atoms with Crippen LogP contribution in [0.1, 0.15) is 6.42 Å². The van der Waals surface area contributed by atoms with Gasteiger partial charge in [-0.05, 0) is 12.1 Å². The zero-order valence-corrected chi connectivity index (χ0v) is 10.6. The third-order valence-corrected chi connectivity index (χ3v) is 2.23. The zero-order chi connectivity index (χ0) is 14.5. The molecule has 1 aromatic rings. The maximum absolute atomic E-state index is 12.0. The molecule has 106 valence electrons. The molecule has 0 saturated heterocycles. The Morgan fingerprint density at radius 1 is 1.37 bits per heavy atom. The summed E-state index contributed by atoms with van der Waals surface area (Å²) in [5.74, 6) is -0.355. The summed E-state index contributed by atoms with van der Waals surface area (Å²) in [5.41, 5.74) is 0.466. The third kappa shape index (κ3) is 5.98. The maximum atomic E-state index is 12.0. The Labute approximate surface area is 109 Å². The van der Waals surface area contributed by atoms with Crippen molar-refractivity contribution in [2.24, 2.45) is 0 Å². The van der Waals surface area contributed by atoms with Crippen molar-refractivity contribution in [3.05, 3.63) is 24.3 Å². The second-order valence-electron chi connectivity index (χ2n) is 4.04. The molecule has 0 unspecified atom stereocenters. The van der Waals surface area contributed by atoms with Gasteiger partial charge in [-0.1, -0.05) is 6.07 Å². The first-order chi connectivity index (χ1) is 8.78. The highest BCUT2D eigenvalue weighted by molar-refractivity contribution is 5.76. The van der Waals surface area contributed by atoms with Crippen LogP contribution in [0.2, 0.25) is 0 Å². The number of ether oxygens (including phenoxy) is 1. The van der Waals surface area contributed by atoms with E-state index in [-0.39, 0.29) is 18.1 Å². The SMILES string of the molecule is CN(C)C(=O)CCNc1cccc(OC(F)(F)F)c1. The summed E-state index contributed by atoms with van der Waals surface area (Å²) in [6.45, 7) is 0.340. The lowest BCUT2D eigenvalue weighted by atomic mass is 10.3. The number of benzene rings is 1. The van der Waals surface area contributed by atoms with Crippen LogP contribution in [0.3, 0.4) is 0 Å². The fraction of sp³-hybridized carbons (Fsp3) is 0.417. The Hall–Kier alpha value is -1.92. The van der Waals surface area contributed by atoms with Crippen LogP contribution in [0.5, 0.6) is 5.75 Å². The number of hydrogen-bond acceptors (Lipinski definition) is 3. The highest BCUT2D eigenvalue weighted by Gasteiger charge is 2.31. The maximum Gasteiger partial charge on any atom is 0.573 e. The minimum absolute atomic E-state index is 0.0600. The van der Waals surface area contributed by atoms with Gasteiger partial charge in [-0.2, -0.15) is 0 Å². The highest BCUT2D eigenvalue weighted by Crippen LogP contribution is 2.24. The van der Waals surface area contributed by atoms with E-state index in [9.17, 15) is 18.0 Å². The van der Waals surface area contributed by atoms with Crippen LogP contribution in [0.15, 0.2) is 24.3 Å². The van der Waals surface area contributed by atoms with E-state index in [2.05, 4.69) is 10.1 Å². The van der Waals surface area contributed by atoms with Gasteiger partial charge in [0.2, 0.25) is 5.91 Å². The largest absolute Gasteiger partial charge is 0.573 e. The molecule has 0 saturated carbocycles. The fourth-order valence-corrected chi connectivity index (χ4v) is 1.34. The molecule has 0 radical (unpaired) electrons. The predicted octanol–water partition coefficient (Wildman–Crippen LogP) is 2.48. The number of rotatable bonds is 5. The molecular formula is C12H15F3N2O2. The average molecular weight is 276 g/mol. The van der Waals surface area contributed by atoms with E-state index in [0.717, 1.165) is 0 Å². The molecule has 1 amide bonds. The number of amides is 1. The number of carbonyl (C=O) groups is 1. The lowest BCUT2D eigenvalue weighted by molar-refractivity contribution is -0.274. The van der Waals surface area contributed by atoms with Crippen molar-refractivity contribution in [2.75, 3.05) is 26.0 Å². The average Bonchev–Trinajstić information content (AvgIpc) is 2.26. The molecule has 4 nitrogen and oxygen atoms in total. The molecule has 19 heavy (non-hydrogen) atoms. The number of alkyl halides is 3. The first-order valence-corrected chi connectivity index (χ1v) is 5.58. The number of nitrogens with zero attached hydrogens (tertiary/aromatic N) is 1. The molecule has 0 aliphatic rings. The number of nitrogens with one attached hydrogen (secondary N) is 1. The molecule has 0 aliphatic heterocycles. The summed E-state index contributed by atoms with van der Waals surface area (Å²) in [6, 6.07) is 5.48. The lowest BCUT2D eigenvalue weighted by Crippen LogP contribution is -2.23. The van der Waals surface area contributed by atoms with Crippen LogP contribution in [0.4, 0.5) is 18.9 Å². The summed E-state index contributed by atoms with van der Waals surface area (Å²) < 4.78 is 39.9. The molecule has 1 rings (SSSR count). The van der Waals surface area contributed by atoms with E-state index < -0.39 is 6.36 Å². The van der Waals surface area contributed by atoms with Crippen molar-refractivity contribution >= 4 is 11.6 Å². The van der Waals surface area contributed by atoms with Gasteiger partial charge in [0.15, 0.2) is 0 Å². The van der Waals surface area contributed by atoms with Gasteiger partial charge < -0.3 is 15.0 Å². The van der Waals surface area contributed by atoms with Crippen LogP contribution in [0, 0.1) is 0 Å². The molecular weight excluding hydrogens is 261 g/mol. The van der Waals surface area contributed by atoms with Gasteiger partial charge in [-0.25, -0.2) is 0 Å². The van der Waals surface area contributed by atoms with E-state index in [0.29, 0.717) is 12.2 Å². The number of carbonyl (C=O) groups excluding carboxylic acids is 1. The Morgan fingerprint density at radius 2 is 2.05 bits per heavy atom. The van der Waals surface area contributed by atoms with Crippen LogP contribution in [-0.4, -0.2) is 37.8 Å². The third-order valence-electron chi connectivity index (χ3n) is 2.23. The van der Waals surface area contributed by atoms with E-state index in [1.807, 2.05) is 0 Å². The zero-order valence-electron chi connectivity index (χ0n) is 10.6. The summed E-state index contributed by atoms with van der Waals surface area (Å²) in [5, 5.41) is 2.86. The fourth-order valence-electron chi connectivity index (χ4n) is 1.34. The summed E-state index contributed by atoms with van der Waals surface area (Å²) >= 11 is 0. The molecule has 0 aliphatic carbocycles. The lowest BCUT2D eigenvalue weighted by Gasteiger charge is -2.12. The van der Waals surface area contributed by atoms with Gasteiger partial charge in [0.05, 0.1) is 0 Å². The van der Waals surface area contributed by atoms with Crippen molar-refractivity contribution in [3.63, 3.8) is 0 Å². The molecule has 0 spiro atoms. The Balaban J connectivity index is 2.51. The molecule has 0 aromatic heterocycles. The predicted molar refractivity (Wildman–Crippen MR) is 64.9 cm³/mol. The second kappa shape index (κ2) is 6.31. The Bertz CT molecular complexity index is 433. The van der Waals surface area contributed by atoms with Crippen LogP contribution < -0.4 is 10.1 Å². The van der Waals surface area contributed by atoms with Crippen LogP contribution >= 0.6 is 0 Å². The van der Waals surface area contributed by atoms with Gasteiger partial charge in [-0.3, -0.25) is 4.79 Å². The van der Waals surface area contributed by atoms with Crippen molar-refractivity contribution in [1.82, 2.24) is 4.90 Å². The normalized spacial score (nSPS) is 11.0. The molecule has 1 aromatic carbocycles. The molecule has 1 N–H and O–H groups in total. The number of anilines is 1. The van der Waals surface area contributed by atoms with Gasteiger partial charge in [-0.15, -0.1) is 13.2 Å². The van der Waals surface area contributed by atoms with E-state index in [4.69, 9.17) is 0 Å². The Kier molecular flexibility index (Phi) is 5.02. The standard InChI is InChI=1S/C12H15F3N2O2/c1-17(2)11(18)6-7-16-9-4-3-5-10(8-9)19-12(13,14)15/h3-5,8,16H,6-7H2,1-2H3. The van der Waals surface area contributed by atoms with Gasteiger partial charge >= 0.3 is 6.36 Å². The quantitative estimate of drug-likeness (QED) is 0.898.